The van der Waals surface area contributed by atoms with Gasteiger partial charge in [0.25, 0.3) is 5.91 Å². The summed E-state index contributed by atoms with van der Waals surface area (Å²) in [5.74, 6) is -3.25. The molecule has 19 nitrogen and oxygen atoms in total. The molecule has 4 unspecified atom stereocenters. The average Bonchev–Trinajstić information content (AvgIpc) is 3.20. The molecule has 1 heterocycles. The molecule has 0 spiro atoms. The number of rotatable bonds is 25. The van der Waals surface area contributed by atoms with Crippen LogP contribution in [0.3, 0.4) is 0 Å². The molecule has 60 heavy (non-hydrogen) atoms. The van der Waals surface area contributed by atoms with Crippen molar-refractivity contribution in [1.29, 1.82) is 0 Å². The Labute approximate surface area is 349 Å². The van der Waals surface area contributed by atoms with E-state index in [2.05, 4.69) is 36.6 Å². The Morgan fingerprint density at radius 3 is 1.70 bits per heavy atom. The SMILES string of the molecule is CCCCC(NC(=O)c1ccccc1)C(=O)NC(CCCCN)C(=O)NC(CCCN=C(N)N)C(=O)NC(CCCN=C(N)N)C(=O)Nc1ccc2c(C)cc(=O)oc2c1. The molecule has 15 N–H and O–H groups in total. The van der Waals surface area contributed by atoms with Crippen molar-refractivity contribution in [1.82, 2.24) is 21.3 Å². The molecule has 3 aromatic rings. The summed E-state index contributed by atoms with van der Waals surface area (Å²) < 4.78 is 5.33. The first-order valence-corrected chi connectivity index (χ1v) is 20.2. The number of anilines is 1. The molecule has 0 aliphatic rings. The van der Waals surface area contributed by atoms with Gasteiger partial charge in [-0.1, -0.05) is 38.0 Å². The van der Waals surface area contributed by atoms with Crippen LogP contribution in [0.25, 0.3) is 11.0 Å². The number of amides is 5. The molecule has 0 radical (unpaired) electrons. The maximum absolute atomic E-state index is 14.1. The standard InChI is InChI=1S/C41H60N12O7/c1-3-4-14-29(50-35(55)26-12-6-5-7-13-26)37(57)51-30(15-8-9-20-42)38(58)53-32(17-11-22-48-41(45)46)39(59)52-31(16-10-21-47-40(43)44)36(56)49-27-18-19-28-25(2)23-34(54)60-33(28)24-27/h5-7,12-13,18-19,23-24,29-32H,3-4,8-11,14-17,20-22,42H2,1-2H3,(H,49,56)(H,50,55)(H,51,57)(H,52,59)(H,53,58)(H4,43,44,47)(H4,45,46,48). The molecule has 0 fully saturated rings. The van der Waals surface area contributed by atoms with E-state index in [0.717, 1.165) is 6.42 Å². The zero-order valence-electron chi connectivity index (χ0n) is 34.3. The zero-order chi connectivity index (χ0) is 44.0. The average molecular weight is 833 g/mol. The molecule has 0 saturated carbocycles. The highest BCUT2D eigenvalue weighted by molar-refractivity contribution is 6.01. The van der Waals surface area contributed by atoms with E-state index in [4.69, 9.17) is 33.1 Å². The van der Waals surface area contributed by atoms with Crippen LogP contribution in [0.1, 0.15) is 87.1 Å². The monoisotopic (exact) mass is 832 g/mol. The van der Waals surface area contributed by atoms with E-state index in [0.29, 0.717) is 60.8 Å². The van der Waals surface area contributed by atoms with Crippen LogP contribution in [0, 0.1) is 6.92 Å². The first-order valence-electron chi connectivity index (χ1n) is 20.2. The number of carbonyl (C=O) groups is 5. The Morgan fingerprint density at radius 2 is 1.17 bits per heavy atom. The van der Waals surface area contributed by atoms with E-state index in [1.165, 1.54) is 12.1 Å². The van der Waals surface area contributed by atoms with Crippen molar-refractivity contribution >= 4 is 58.1 Å². The molecule has 2 aromatic carbocycles. The normalized spacial score (nSPS) is 12.8. The van der Waals surface area contributed by atoms with Crippen LogP contribution in [0.2, 0.25) is 0 Å². The molecule has 5 amide bonds. The summed E-state index contributed by atoms with van der Waals surface area (Å²) in [5, 5.41) is 14.6. The fourth-order valence-electron chi connectivity index (χ4n) is 6.26. The predicted octanol–water partition coefficient (Wildman–Crippen LogP) is 0.719. The van der Waals surface area contributed by atoms with Crippen molar-refractivity contribution in [3.05, 3.63) is 76.1 Å². The third-order valence-electron chi connectivity index (χ3n) is 9.46. The fraction of sp³-hybridized carbons (Fsp3) is 0.463. The van der Waals surface area contributed by atoms with Gasteiger partial charge >= 0.3 is 5.63 Å². The minimum atomic E-state index is -1.21. The van der Waals surface area contributed by atoms with Crippen LogP contribution in [0.4, 0.5) is 5.69 Å². The number of hydrogen-bond acceptors (Lipinski definition) is 10. The smallest absolute Gasteiger partial charge is 0.336 e. The summed E-state index contributed by atoms with van der Waals surface area (Å²) >= 11 is 0. The summed E-state index contributed by atoms with van der Waals surface area (Å²) in [5.41, 5.74) is 28.8. The van der Waals surface area contributed by atoms with E-state index in [9.17, 15) is 28.8 Å². The van der Waals surface area contributed by atoms with Crippen LogP contribution in [-0.4, -0.2) is 85.3 Å². The number of unbranched alkanes of at least 4 members (excludes halogenated alkanes) is 2. The number of fused-ring (bicyclic) bond motifs is 1. The topological polar surface area (TPSA) is 331 Å². The van der Waals surface area contributed by atoms with Gasteiger partial charge in [0.2, 0.25) is 23.6 Å². The second-order valence-electron chi connectivity index (χ2n) is 14.3. The molecule has 0 aliphatic carbocycles. The number of hydrogen-bond donors (Lipinski definition) is 10. The Kier molecular flexibility index (Phi) is 20.0. The number of nitrogens with zero attached hydrogens (tertiary/aromatic N) is 2. The first kappa shape index (κ1) is 47.9. The van der Waals surface area contributed by atoms with Crippen LogP contribution in [0.5, 0.6) is 0 Å². The maximum atomic E-state index is 14.1. The summed E-state index contributed by atoms with van der Waals surface area (Å²) in [4.78, 5) is 88.7. The molecular weight excluding hydrogens is 773 g/mol. The molecule has 0 bridgehead atoms. The van der Waals surface area contributed by atoms with Gasteiger partial charge in [-0.15, -0.1) is 0 Å². The van der Waals surface area contributed by atoms with Crippen molar-refractivity contribution in [3.63, 3.8) is 0 Å². The highest BCUT2D eigenvalue weighted by Gasteiger charge is 2.31. The maximum Gasteiger partial charge on any atom is 0.336 e. The van der Waals surface area contributed by atoms with Gasteiger partial charge in [-0.3, -0.25) is 34.0 Å². The van der Waals surface area contributed by atoms with E-state index in [1.807, 2.05) is 6.92 Å². The number of aryl methyl sites for hydroxylation is 1. The van der Waals surface area contributed by atoms with Crippen LogP contribution >= 0.6 is 0 Å². The summed E-state index contributed by atoms with van der Waals surface area (Å²) in [6.07, 6.45) is 3.63. The van der Waals surface area contributed by atoms with Gasteiger partial charge < -0.3 is 59.7 Å². The lowest BCUT2D eigenvalue weighted by molar-refractivity contribution is -0.133. The summed E-state index contributed by atoms with van der Waals surface area (Å²) in [7, 11) is 0. The molecule has 1 aromatic heterocycles. The Bertz CT molecular complexity index is 2010. The third kappa shape index (κ3) is 16.4. The lowest BCUT2D eigenvalue weighted by Gasteiger charge is -2.27. The van der Waals surface area contributed by atoms with Crippen molar-refractivity contribution in [2.75, 3.05) is 25.0 Å². The van der Waals surface area contributed by atoms with Gasteiger partial charge in [-0.25, -0.2) is 4.79 Å². The van der Waals surface area contributed by atoms with Crippen molar-refractivity contribution in [3.8, 4) is 0 Å². The second-order valence-corrected chi connectivity index (χ2v) is 14.3. The van der Waals surface area contributed by atoms with Gasteiger partial charge in [0, 0.05) is 41.9 Å². The third-order valence-corrected chi connectivity index (χ3v) is 9.46. The first-order chi connectivity index (χ1) is 28.7. The predicted molar refractivity (Wildman–Crippen MR) is 232 cm³/mol. The largest absolute Gasteiger partial charge is 0.423 e. The number of nitrogens with two attached hydrogens (primary N) is 5. The van der Waals surface area contributed by atoms with Crippen molar-refractivity contribution < 1.29 is 28.4 Å². The fourth-order valence-corrected chi connectivity index (χ4v) is 6.26. The van der Waals surface area contributed by atoms with E-state index in [1.54, 1.807) is 49.4 Å². The van der Waals surface area contributed by atoms with Crippen LogP contribution < -0.4 is 60.9 Å². The van der Waals surface area contributed by atoms with Gasteiger partial charge in [0.15, 0.2) is 11.9 Å². The van der Waals surface area contributed by atoms with Gasteiger partial charge in [-0.05, 0) is 94.7 Å². The number of carbonyl (C=O) groups excluding carboxylic acids is 5. The quantitative estimate of drug-likeness (QED) is 0.0244. The Balaban J connectivity index is 1.87. The number of aliphatic imine (C=N–C) groups is 2. The van der Waals surface area contributed by atoms with Crippen molar-refractivity contribution in [2.45, 2.75) is 102 Å². The van der Waals surface area contributed by atoms with E-state index in [-0.39, 0.29) is 56.3 Å². The molecule has 3 rings (SSSR count). The van der Waals surface area contributed by atoms with Crippen LogP contribution in [-0.2, 0) is 19.2 Å². The highest BCUT2D eigenvalue weighted by Crippen LogP contribution is 2.21. The molecule has 0 saturated heterocycles. The van der Waals surface area contributed by atoms with Crippen molar-refractivity contribution in [2.24, 2.45) is 38.7 Å². The number of benzene rings is 2. The van der Waals surface area contributed by atoms with Gasteiger partial charge in [-0.2, -0.15) is 0 Å². The van der Waals surface area contributed by atoms with E-state index >= 15 is 0 Å². The Morgan fingerprint density at radius 1 is 0.650 bits per heavy atom. The molecule has 19 heteroatoms. The van der Waals surface area contributed by atoms with Crippen LogP contribution in [0.15, 0.2) is 73.8 Å². The minimum absolute atomic E-state index is 0.0511. The minimum Gasteiger partial charge on any atom is -0.423 e. The Hall–Kier alpha value is -6.50. The molecular formula is C41H60N12O7. The zero-order valence-corrected chi connectivity index (χ0v) is 34.3. The lowest BCUT2D eigenvalue weighted by atomic mass is 10.0. The summed E-state index contributed by atoms with van der Waals surface area (Å²) in [6, 6.07) is 10.3. The number of nitrogens with one attached hydrogen (secondary N) is 5. The van der Waals surface area contributed by atoms with E-state index < -0.39 is 59.3 Å². The van der Waals surface area contributed by atoms with Gasteiger partial charge in [0.05, 0.1) is 0 Å². The summed E-state index contributed by atoms with van der Waals surface area (Å²) in [6.45, 7) is 4.37. The van der Waals surface area contributed by atoms with Gasteiger partial charge in [0.1, 0.15) is 29.8 Å². The molecule has 4 atom stereocenters. The molecule has 0 aliphatic heterocycles. The second kappa shape index (κ2) is 25.1. The molecule has 326 valence electrons. The lowest BCUT2D eigenvalue weighted by Crippen LogP contribution is -2.58. The highest BCUT2D eigenvalue weighted by atomic mass is 16.4. The number of guanidine groups is 2.